The number of anilines is 2. The zero-order chi connectivity index (χ0) is 14.3. The highest BCUT2D eigenvalue weighted by atomic mass is 16.5. The maximum absolute atomic E-state index is 5.70. The van der Waals surface area contributed by atoms with Crippen molar-refractivity contribution in [1.29, 1.82) is 0 Å². The molecule has 7 nitrogen and oxygen atoms in total. The molecule has 1 aromatic rings. The van der Waals surface area contributed by atoms with Gasteiger partial charge in [-0.25, -0.2) is 0 Å². The summed E-state index contributed by atoms with van der Waals surface area (Å²) in [4.78, 5) is 14.5. The molecule has 0 aliphatic rings. The second-order valence-electron chi connectivity index (χ2n) is 4.15. The topological polar surface area (TPSA) is 86.4 Å². The molecule has 0 amide bonds. The Kier molecular flexibility index (Phi) is 6.27. The van der Waals surface area contributed by atoms with Gasteiger partial charge in [0, 0.05) is 19.7 Å². The molecule has 0 radical (unpaired) electrons. The van der Waals surface area contributed by atoms with E-state index in [0.717, 1.165) is 6.42 Å². The van der Waals surface area contributed by atoms with Crippen LogP contribution >= 0.6 is 0 Å². The van der Waals surface area contributed by atoms with Crippen LogP contribution in [-0.2, 0) is 4.74 Å². The Bertz CT molecular complexity index is 388. The van der Waals surface area contributed by atoms with Crippen molar-refractivity contribution in [3.63, 3.8) is 0 Å². The molecular weight excluding hydrogens is 246 g/mol. The zero-order valence-electron chi connectivity index (χ0n) is 12.1. The largest absolute Gasteiger partial charge is 0.464 e. The highest BCUT2D eigenvalue weighted by Crippen LogP contribution is 2.17. The van der Waals surface area contributed by atoms with Crippen LogP contribution in [0.2, 0.25) is 0 Å². The highest BCUT2D eigenvalue weighted by molar-refractivity contribution is 5.37. The number of rotatable bonds is 8. The third kappa shape index (κ3) is 4.51. The minimum absolute atomic E-state index is 0.166. The molecule has 1 atom stereocenters. The van der Waals surface area contributed by atoms with Crippen molar-refractivity contribution in [1.82, 2.24) is 15.0 Å². The van der Waals surface area contributed by atoms with Gasteiger partial charge in [-0.1, -0.05) is 6.92 Å². The van der Waals surface area contributed by atoms with E-state index in [4.69, 9.17) is 15.2 Å². The van der Waals surface area contributed by atoms with Crippen LogP contribution in [0.5, 0.6) is 6.01 Å². The Hall–Kier alpha value is -1.63. The van der Waals surface area contributed by atoms with E-state index in [1.165, 1.54) is 0 Å². The maximum Gasteiger partial charge on any atom is 0.323 e. The van der Waals surface area contributed by atoms with E-state index in [1.807, 2.05) is 11.8 Å². The Morgan fingerprint density at radius 2 is 2.00 bits per heavy atom. The number of methoxy groups -OCH3 is 1. The van der Waals surface area contributed by atoms with Crippen molar-refractivity contribution in [2.24, 2.45) is 0 Å². The van der Waals surface area contributed by atoms with Gasteiger partial charge in [0.05, 0.1) is 13.2 Å². The molecule has 0 aliphatic carbocycles. The van der Waals surface area contributed by atoms with Crippen LogP contribution in [0.4, 0.5) is 11.9 Å². The average Bonchev–Trinajstić information content (AvgIpc) is 2.38. The molecule has 0 fully saturated rings. The molecule has 1 aromatic heterocycles. The lowest BCUT2D eigenvalue weighted by Gasteiger charge is -2.28. The second-order valence-corrected chi connectivity index (χ2v) is 4.15. The first kappa shape index (κ1) is 15.4. The molecule has 0 aromatic carbocycles. The molecule has 1 rings (SSSR count). The highest BCUT2D eigenvalue weighted by Gasteiger charge is 2.17. The Balaban J connectivity index is 2.99. The first-order valence-corrected chi connectivity index (χ1v) is 6.52. The molecule has 19 heavy (non-hydrogen) atoms. The van der Waals surface area contributed by atoms with Crippen LogP contribution in [0.3, 0.4) is 0 Å². The van der Waals surface area contributed by atoms with Gasteiger partial charge in [-0.3, -0.25) is 0 Å². The van der Waals surface area contributed by atoms with Gasteiger partial charge in [0.25, 0.3) is 0 Å². The molecule has 0 aliphatic heterocycles. The summed E-state index contributed by atoms with van der Waals surface area (Å²) in [5.74, 6) is 0.696. The van der Waals surface area contributed by atoms with Gasteiger partial charge in [-0.2, -0.15) is 15.0 Å². The maximum atomic E-state index is 5.70. The van der Waals surface area contributed by atoms with Crippen molar-refractivity contribution >= 4 is 11.9 Å². The van der Waals surface area contributed by atoms with E-state index >= 15 is 0 Å². The monoisotopic (exact) mass is 269 g/mol. The predicted molar refractivity (Wildman–Crippen MR) is 74.4 cm³/mol. The van der Waals surface area contributed by atoms with E-state index in [1.54, 1.807) is 7.11 Å². The third-order valence-electron chi connectivity index (χ3n) is 2.81. The van der Waals surface area contributed by atoms with Crippen molar-refractivity contribution in [3.8, 4) is 6.01 Å². The summed E-state index contributed by atoms with van der Waals surface area (Å²) in [7, 11) is 1.67. The van der Waals surface area contributed by atoms with Crippen LogP contribution in [-0.4, -0.2) is 47.9 Å². The van der Waals surface area contributed by atoms with Crippen molar-refractivity contribution < 1.29 is 9.47 Å². The Morgan fingerprint density at radius 3 is 2.58 bits per heavy atom. The molecule has 7 heteroatoms. The van der Waals surface area contributed by atoms with Crippen molar-refractivity contribution in [3.05, 3.63) is 0 Å². The lowest BCUT2D eigenvalue weighted by molar-refractivity contribution is 0.202. The molecular formula is C12H23N5O2. The average molecular weight is 269 g/mol. The normalized spacial score (nSPS) is 12.2. The zero-order valence-corrected chi connectivity index (χ0v) is 12.1. The van der Waals surface area contributed by atoms with Gasteiger partial charge >= 0.3 is 6.01 Å². The number of aromatic nitrogens is 3. The molecule has 0 bridgehead atoms. The van der Waals surface area contributed by atoms with E-state index in [2.05, 4.69) is 28.8 Å². The van der Waals surface area contributed by atoms with Crippen LogP contribution in [0.15, 0.2) is 0 Å². The first-order valence-electron chi connectivity index (χ1n) is 6.52. The third-order valence-corrected chi connectivity index (χ3v) is 2.81. The smallest absolute Gasteiger partial charge is 0.323 e. The molecule has 0 saturated carbocycles. The van der Waals surface area contributed by atoms with E-state index in [-0.39, 0.29) is 18.0 Å². The number of ether oxygens (including phenoxy) is 2. The summed E-state index contributed by atoms with van der Waals surface area (Å²) in [6.45, 7) is 7.87. The number of hydrogen-bond donors (Lipinski definition) is 1. The summed E-state index contributed by atoms with van der Waals surface area (Å²) >= 11 is 0. The van der Waals surface area contributed by atoms with Crippen LogP contribution < -0.4 is 15.4 Å². The summed E-state index contributed by atoms with van der Waals surface area (Å²) in [6, 6.07) is 0.544. The van der Waals surface area contributed by atoms with Gasteiger partial charge in [0.1, 0.15) is 0 Å². The van der Waals surface area contributed by atoms with Crippen molar-refractivity contribution in [2.75, 3.05) is 37.5 Å². The fourth-order valence-electron chi connectivity index (χ4n) is 1.61. The van der Waals surface area contributed by atoms with E-state index in [0.29, 0.717) is 25.7 Å². The van der Waals surface area contributed by atoms with Gasteiger partial charge in [-0.05, 0) is 20.3 Å². The van der Waals surface area contributed by atoms with Crippen LogP contribution in [0.1, 0.15) is 27.2 Å². The fraction of sp³-hybridized carbons (Fsp3) is 0.750. The number of nitrogens with two attached hydrogens (primary N) is 1. The molecule has 1 heterocycles. The van der Waals surface area contributed by atoms with Crippen LogP contribution in [0.25, 0.3) is 0 Å². The summed E-state index contributed by atoms with van der Waals surface area (Å²) in [6.07, 6.45) is 0.971. The second kappa shape index (κ2) is 7.73. The van der Waals surface area contributed by atoms with Gasteiger partial charge in [-0.15, -0.1) is 0 Å². The molecule has 108 valence electrons. The number of nitrogens with zero attached hydrogens (tertiary/aromatic N) is 4. The van der Waals surface area contributed by atoms with Gasteiger partial charge < -0.3 is 20.1 Å². The molecule has 1 unspecified atom stereocenters. The predicted octanol–water partition coefficient (Wildman–Crippen LogP) is 1.10. The molecule has 2 N–H and O–H groups in total. The number of hydrogen-bond acceptors (Lipinski definition) is 7. The van der Waals surface area contributed by atoms with E-state index < -0.39 is 0 Å². The summed E-state index contributed by atoms with van der Waals surface area (Å²) in [5.41, 5.74) is 5.70. The number of nitrogen functional groups attached to an aromatic ring is 1. The van der Waals surface area contributed by atoms with Gasteiger partial charge in [0.15, 0.2) is 0 Å². The van der Waals surface area contributed by atoms with E-state index in [9.17, 15) is 0 Å². The lowest BCUT2D eigenvalue weighted by Crippen LogP contribution is -2.37. The quantitative estimate of drug-likeness (QED) is 0.756. The first-order chi connectivity index (χ1) is 9.12. The SMILES string of the molecule is CCOc1nc(N)nc(N(CCOC)C(C)CC)n1. The minimum Gasteiger partial charge on any atom is -0.464 e. The summed E-state index contributed by atoms with van der Waals surface area (Å²) < 4.78 is 10.4. The molecule has 0 saturated heterocycles. The standard InChI is InChI=1S/C12H23N5O2/c1-5-9(3)17(7-8-18-4)11-14-10(13)15-12(16-11)19-6-2/h9H,5-8H2,1-4H3,(H2,13,14,15,16). The minimum atomic E-state index is 0.166. The van der Waals surface area contributed by atoms with Crippen LogP contribution in [0, 0.1) is 0 Å². The fourth-order valence-corrected chi connectivity index (χ4v) is 1.61. The Labute approximate surface area is 114 Å². The summed E-state index contributed by atoms with van der Waals surface area (Å²) in [5, 5.41) is 0. The Morgan fingerprint density at radius 1 is 1.26 bits per heavy atom. The van der Waals surface area contributed by atoms with Crippen molar-refractivity contribution in [2.45, 2.75) is 33.2 Å². The van der Waals surface area contributed by atoms with Gasteiger partial charge in [0.2, 0.25) is 11.9 Å². The lowest BCUT2D eigenvalue weighted by atomic mass is 10.2. The molecule has 0 spiro atoms.